The van der Waals surface area contributed by atoms with Crippen LogP contribution in [0.2, 0.25) is 0 Å². The van der Waals surface area contributed by atoms with Gasteiger partial charge in [0.25, 0.3) is 0 Å². The topological polar surface area (TPSA) is 95.6 Å². The Kier molecular flexibility index (Phi) is 3.78. The number of hydrogen-bond donors (Lipinski definition) is 3. The number of rotatable bonds is 5. The highest BCUT2D eigenvalue weighted by atomic mass is 16.4. The summed E-state index contributed by atoms with van der Waals surface area (Å²) in [5, 5.41) is 28.6. The van der Waals surface area contributed by atoms with Gasteiger partial charge in [0.2, 0.25) is 0 Å². The number of aromatic nitrogens is 2. The molecule has 0 bridgehead atoms. The lowest BCUT2D eigenvalue weighted by Gasteiger charge is -2.29. The fourth-order valence-corrected chi connectivity index (χ4v) is 2.36. The molecule has 0 fully saturated rings. The molecule has 0 amide bonds. The first-order valence-corrected chi connectivity index (χ1v) is 6.44. The molecule has 0 aliphatic heterocycles. The first kappa shape index (κ1) is 14.5. The van der Waals surface area contributed by atoms with Crippen LogP contribution in [0, 0.1) is 0 Å². The maximum Gasteiger partial charge on any atom is 0.337 e. The maximum absolute atomic E-state index is 11.4. The van der Waals surface area contributed by atoms with Crippen molar-refractivity contribution in [3.05, 3.63) is 29.6 Å². The highest BCUT2D eigenvalue weighted by molar-refractivity contribution is 6.01. The molecule has 0 unspecified atom stereocenters. The van der Waals surface area contributed by atoms with Crippen molar-refractivity contribution in [2.75, 3.05) is 13.2 Å². The van der Waals surface area contributed by atoms with Gasteiger partial charge in [0.05, 0.1) is 35.3 Å². The van der Waals surface area contributed by atoms with E-state index < -0.39 is 11.5 Å². The predicted octanol–water partition coefficient (Wildman–Crippen LogP) is 0.997. The molecule has 0 aliphatic rings. The number of benzene rings is 1. The molecule has 20 heavy (non-hydrogen) atoms. The number of aliphatic hydroxyl groups is 2. The van der Waals surface area contributed by atoms with E-state index in [2.05, 4.69) is 4.98 Å². The van der Waals surface area contributed by atoms with Crippen LogP contribution in [-0.2, 0) is 12.0 Å². The number of fused-ring (bicyclic) bond motifs is 1. The number of carboxylic acid groups (broad SMARTS) is 1. The zero-order valence-electron chi connectivity index (χ0n) is 11.5. The van der Waals surface area contributed by atoms with Gasteiger partial charge >= 0.3 is 5.97 Å². The Morgan fingerprint density at radius 1 is 1.35 bits per heavy atom. The van der Waals surface area contributed by atoms with E-state index in [1.807, 2.05) is 6.92 Å². The molecule has 6 heteroatoms. The van der Waals surface area contributed by atoms with Crippen LogP contribution < -0.4 is 0 Å². The summed E-state index contributed by atoms with van der Waals surface area (Å²) in [5.74, 6) is -0.420. The lowest BCUT2D eigenvalue weighted by atomic mass is 10.0. The van der Waals surface area contributed by atoms with Crippen LogP contribution in [0.25, 0.3) is 11.0 Å². The molecule has 0 saturated carbocycles. The van der Waals surface area contributed by atoms with Gasteiger partial charge in [-0.1, -0.05) is 13.0 Å². The minimum absolute atomic E-state index is 0.114. The van der Waals surface area contributed by atoms with Gasteiger partial charge in [-0.05, 0) is 19.1 Å². The lowest BCUT2D eigenvalue weighted by Crippen LogP contribution is -2.39. The molecule has 1 aromatic heterocycles. The molecule has 108 valence electrons. The Bertz CT molecular complexity index is 644. The largest absolute Gasteiger partial charge is 0.478 e. The summed E-state index contributed by atoms with van der Waals surface area (Å²) >= 11 is 0. The van der Waals surface area contributed by atoms with Crippen LogP contribution >= 0.6 is 0 Å². The van der Waals surface area contributed by atoms with E-state index >= 15 is 0 Å². The number of para-hydroxylation sites is 1. The maximum atomic E-state index is 11.4. The molecular weight excluding hydrogens is 260 g/mol. The van der Waals surface area contributed by atoms with E-state index in [1.165, 1.54) is 6.07 Å². The second-order valence-electron chi connectivity index (χ2n) is 5.01. The summed E-state index contributed by atoms with van der Waals surface area (Å²) in [4.78, 5) is 15.8. The van der Waals surface area contributed by atoms with Crippen molar-refractivity contribution < 1.29 is 20.1 Å². The minimum atomic E-state index is -1.06. The molecule has 1 heterocycles. The standard InChI is InChI=1S/C14H18N2O4/c1-3-11-15-10-6-4-5-9(13(19)20)12(10)16(11)14(2,7-17)8-18/h4-6,17-18H,3,7-8H2,1-2H3,(H,19,20). The highest BCUT2D eigenvalue weighted by Crippen LogP contribution is 2.28. The van der Waals surface area contributed by atoms with E-state index in [9.17, 15) is 20.1 Å². The summed E-state index contributed by atoms with van der Waals surface area (Å²) in [6.07, 6.45) is 0.573. The van der Waals surface area contributed by atoms with E-state index in [1.54, 1.807) is 23.6 Å². The molecule has 3 N–H and O–H groups in total. The van der Waals surface area contributed by atoms with E-state index in [0.717, 1.165) is 0 Å². The predicted molar refractivity (Wildman–Crippen MR) is 73.9 cm³/mol. The van der Waals surface area contributed by atoms with Crippen molar-refractivity contribution in [1.82, 2.24) is 9.55 Å². The van der Waals surface area contributed by atoms with Gasteiger partial charge in [-0.25, -0.2) is 9.78 Å². The molecule has 0 saturated heterocycles. The zero-order chi connectivity index (χ0) is 14.9. The van der Waals surface area contributed by atoms with Crippen LogP contribution in [0.5, 0.6) is 0 Å². The molecule has 6 nitrogen and oxygen atoms in total. The normalized spacial score (nSPS) is 12.0. The van der Waals surface area contributed by atoms with Crippen molar-refractivity contribution in [2.45, 2.75) is 25.8 Å². The number of imidazole rings is 1. The Balaban J connectivity index is 2.89. The third-order valence-electron chi connectivity index (χ3n) is 3.51. The quantitative estimate of drug-likeness (QED) is 0.758. The Morgan fingerprint density at radius 2 is 2.00 bits per heavy atom. The molecule has 2 aromatic rings. The molecule has 1 aromatic carbocycles. The molecule has 0 radical (unpaired) electrons. The fourth-order valence-electron chi connectivity index (χ4n) is 2.36. The van der Waals surface area contributed by atoms with Crippen molar-refractivity contribution in [1.29, 1.82) is 0 Å². The SMILES string of the molecule is CCc1nc2cccc(C(=O)O)c2n1C(C)(CO)CO. The summed E-state index contributed by atoms with van der Waals surface area (Å²) in [7, 11) is 0. The van der Waals surface area contributed by atoms with Crippen LogP contribution in [0.15, 0.2) is 18.2 Å². The fraction of sp³-hybridized carbons (Fsp3) is 0.429. The van der Waals surface area contributed by atoms with Crippen LogP contribution in [0.3, 0.4) is 0 Å². The highest BCUT2D eigenvalue weighted by Gasteiger charge is 2.31. The molecule has 2 rings (SSSR count). The number of carboxylic acids is 1. The monoisotopic (exact) mass is 278 g/mol. The van der Waals surface area contributed by atoms with Crippen molar-refractivity contribution >= 4 is 17.0 Å². The molecule has 0 aliphatic carbocycles. The smallest absolute Gasteiger partial charge is 0.337 e. The summed E-state index contributed by atoms with van der Waals surface area (Å²) in [5.41, 5.74) is 0.103. The van der Waals surface area contributed by atoms with Gasteiger partial charge in [-0.2, -0.15) is 0 Å². The van der Waals surface area contributed by atoms with Crippen LogP contribution in [0.4, 0.5) is 0 Å². The Morgan fingerprint density at radius 3 is 2.50 bits per heavy atom. The van der Waals surface area contributed by atoms with Crippen molar-refractivity contribution in [3.63, 3.8) is 0 Å². The summed E-state index contributed by atoms with van der Waals surface area (Å²) < 4.78 is 1.64. The second kappa shape index (κ2) is 5.22. The van der Waals surface area contributed by atoms with Gasteiger partial charge in [0.1, 0.15) is 5.82 Å². The summed E-state index contributed by atoms with van der Waals surface area (Å²) in [6.45, 7) is 2.95. The minimum Gasteiger partial charge on any atom is -0.478 e. The zero-order valence-corrected chi connectivity index (χ0v) is 11.5. The summed E-state index contributed by atoms with van der Waals surface area (Å²) in [6, 6.07) is 4.86. The van der Waals surface area contributed by atoms with E-state index in [-0.39, 0.29) is 18.8 Å². The van der Waals surface area contributed by atoms with Gasteiger partial charge in [0, 0.05) is 6.42 Å². The van der Waals surface area contributed by atoms with Gasteiger partial charge < -0.3 is 19.9 Å². The first-order chi connectivity index (χ1) is 9.48. The van der Waals surface area contributed by atoms with E-state index in [4.69, 9.17) is 0 Å². The Hall–Kier alpha value is -1.92. The third-order valence-corrected chi connectivity index (χ3v) is 3.51. The van der Waals surface area contributed by atoms with Crippen molar-refractivity contribution in [3.8, 4) is 0 Å². The first-order valence-electron chi connectivity index (χ1n) is 6.44. The van der Waals surface area contributed by atoms with Gasteiger partial charge in [-0.15, -0.1) is 0 Å². The second-order valence-corrected chi connectivity index (χ2v) is 5.01. The number of nitrogens with zero attached hydrogens (tertiary/aromatic N) is 2. The Labute approximate surface area is 116 Å². The number of carbonyl (C=O) groups is 1. The molecular formula is C14H18N2O4. The van der Waals surface area contributed by atoms with E-state index in [0.29, 0.717) is 23.3 Å². The average Bonchev–Trinajstić information content (AvgIpc) is 2.85. The average molecular weight is 278 g/mol. The third kappa shape index (κ3) is 2.07. The lowest BCUT2D eigenvalue weighted by molar-refractivity contribution is 0.0689. The number of aryl methyl sites for hydroxylation is 1. The van der Waals surface area contributed by atoms with Crippen LogP contribution in [-0.4, -0.2) is 44.1 Å². The molecule has 0 spiro atoms. The van der Waals surface area contributed by atoms with Crippen LogP contribution in [0.1, 0.15) is 30.0 Å². The number of aliphatic hydroxyl groups excluding tert-OH is 2. The van der Waals surface area contributed by atoms with Crippen molar-refractivity contribution in [2.24, 2.45) is 0 Å². The number of hydrogen-bond acceptors (Lipinski definition) is 4. The van der Waals surface area contributed by atoms with Gasteiger partial charge in [-0.3, -0.25) is 0 Å². The molecule has 0 atom stereocenters. The van der Waals surface area contributed by atoms with Gasteiger partial charge in [0.15, 0.2) is 0 Å². The number of aromatic carboxylic acids is 1.